The van der Waals surface area contributed by atoms with Crippen LogP contribution in [0.5, 0.6) is 0 Å². The molecule has 130 valence electrons. The van der Waals surface area contributed by atoms with E-state index in [1.165, 1.54) is 0 Å². The molecule has 1 heterocycles. The van der Waals surface area contributed by atoms with Crippen molar-refractivity contribution in [3.63, 3.8) is 0 Å². The molecule has 0 aromatic heterocycles. The van der Waals surface area contributed by atoms with Gasteiger partial charge in [-0.15, -0.1) is 0 Å². The van der Waals surface area contributed by atoms with Crippen LogP contribution in [0.15, 0.2) is 42.5 Å². The molecule has 1 unspecified atom stereocenters. The van der Waals surface area contributed by atoms with Crippen LogP contribution in [-0.2, 0) is 16.1 Å². The third kappa shape index (κ3) is 3.49. The number of methoxy groups -OCH3 is 1. The van der Waals surface area contributed by atoms with E-state index in [9.17, 15) is 9.59 Å². The third-order valence-electron chi connectivity index (χ3n) is 4.35. The van der Waals surface area contributed by atoms with Crippen molar-refractivity contribution in [2.24, 2.45) is 0 Å². The molecular weight excluding hydrogens is 318 g/mol. The number of benzene rings is 2. The Morgan fingerprint density at radius 3 is 2.84 bits per heavy atom. The van der Waals surface area contributed by atoms with Gasteiger partial charge in [-0.25, -0.2) is 0 Å². The molecule has 6 heteroatoms. The Bertz CT molecular complexity index is 819. The zero-order valence-electron chi connectivity index (χ0n) is 14.5. The van der Waals surface area contributed by atoms with E-state index < -0.39 is 0 Å². The number of carbonyl (C=O) groups is 2. The summed E-state index contributed by atoms with van der Waals surface area (Å²) >= 11 is 0. The lowest BCUT2D eigenvalue weighted by molar-refractivity contribution is -0.117. The average Bonchev–Trinajstić information content (AvgIpc) is 2.60. The number of ether oxygens (including phenoxy) is 1. The zero-order chi connectivity index (χ0) is 18.0. The van der Waals surface area contributed by atoms with Gasteiger partial charge >= 0.3 is 0 Å². The fraction of sp³-hybridized carbons (Fsp3) is 0.263. The second-order valence-electron chi connectivity index (χ2n) is 6.10. The maximum atomic E-state index is 12.5. The molecule has 2 N–H and O–H groups in total. The second-order valence-corrected chi connectivity index (χ2v) is 6.10. The quantitative estimate of drug-likeness (QED) is 0.899. The van der Waals surface area contributed by atoms with Crippen LogP contribution in [0.25, 0.3) is 0 Å². The van der Waals surface area contributed by atoms with Crippen LogP contribution in [0.3, 0.4) is 0 Å². The number of carbonyl (C=O) groups excluding carboxylic acids is 2. The molecule has 2 aromatic carbocycles. The van der Waals surface area contributed by atoms with E-state index in [4.69, 9.17) is 4.74 Å². The molecule has 2 amide bonds. The van der Waals surface area contributed by atoms with E-state index in [1.807, 2.05) is 49.2 Å². The summed E-state index contributed by atoms with van der Waals surface area (Å²) < 4.78 is 5.11. The van der Waals surface area contributed by atoms with Crippen LogP contribution >= 0.6 is 0 Å². The van der Waals surface area contributed by atoms with Gasteiger partial charge in [-0.05, 0) is 42.8 Å². The summed E-state index contributed by atoms with van der Waals surface area (Å²) in [5.74, 6) is -0.312. The molecule has 25 heavy (non-hydrogen) atoms. The van der Waals surface area contributed by atoms with Crippen LogP contribution < -0.4 is 15.5 Å². The van der Waals surface area contributed by atoms with E-state index in [0.717, 1.165) is 11.3 Å². The number of hydrogen-bond donors (Lipinski definition) is 2. The summed E-state index contributed by atoms with van der Waals surface area (Å²) in [6.07, 6.45) is 0. The second kappa shape index (κ2) is 6.94. The van der Waals surface area contributed by atoms with E-state index in [2.05, 4.69) is 10.6 Å². The van der Waals surface area contributed by atoms with E-state index in [1.54, 1.807) is 19.2 Å². The molecule has 0 saturated heterocycles. The summed E-state index contributed by atoms with van der Waals surface area (Å²) in [5, 5.41) is 5.72. The van der Waals surface area contributed by atoms with Crippen molar-refractivity contribution in [2.75, 3.05) is 29.7 Å². The van der Waals surface area contributed by atoms with Gasteiger partial charge in [-0.2, -0.15) is 0 Å². The zero-order valence-corrected chi connectivity index (χ0v) is 14.5. The molecular formula is C19H21N3O3. The highest BCUT2D eigenvalue weighted by atomic mass is 16.5. The predicted molar refractivity (Wildman–Crippen MR) is 98.0 cm³/mol. The molecule has 0 radical (unpaired) electrons. The smallest absolute Gasteiger partial charge is 0.255 e. The standard InChI is InChI=1S/C19H21N3O3/c1-12-18(23)21-16-10-14(7-8-17(16)22(12)2)19(24)20-15-6-4-5-13(9-15)11-25-3/h4-10,12H,11H2,1-3H3,(H,20,24)(H,21,23). The van der Waals surface area contributed by atoms with Gasteiger partial charge in [-0.1, -0.05) is 12.1 Å². The maximum Gasteiger partial charge on any atom is 0.255 e. The number of rotatable bonds is 4. The van der Waals surface area contributed by atoms with Crippen LogP contribution in [0.1, 0.15) is 22.8 Å². The minimum Gasteiger partial charge on any atom is -0.380 e. The molecule has 0 aliphatic carbocycles. The number of likely N-dealkylation sites (N-methyl/N-ethyl adjacent to an activating group) is 1. The van der Waals surface area contributed by atoms with Crippen LogP contribution in [0.2, 0.25) is 0 Å². The SMILES string of the molecule is COCc1cccc(NC(=O)c2ccc3c(c2)NC(=O)C(C)N3C)c1. The Labute approximate surface area is 146 Å². The highest BCUT2D eigenvalue weighted by Crippen LogP contribution is 2.31. The number of hydrogen-bond acceptors (Lipinski definition) is 4. The van der Waals surface area contributed by atoms with Crippen molar-refractivity contribution < 1.29 is 14.3 Å². The third-order valence-corrected chi connectivity index (χ3v) is 4.35. The lowest BCUT2D eigenvalue weighted by Gasteiger charge is -2.33. The van der Waals surface area contributed by atoms with Gasteiger partial charge in [0.25, 0.3) is 5.91 Å². The molecule has 2 aromatic rings. The van der Waals surface area contributed by atoms with Crippen molar-refractivity contribution >= 4 is 28.9 Å². The molecule has 1 aliphatic heterocycles. The van der Waals surface area contributed by atoms with Crippen molar-refractivity contribution in [2.45, 2.75) is 19.6 Å². The van der Waals surface area contributed by atoms with E-state index >= 15 is 0 Å². The normalized spacial score (nSPS) is 16.2. The van der Waals surface area contributed by atoms with E-state index in [-0.39, 0.29) is 17.9 Å². The minimum absolute atomic E-state index is 0.0835. The molecule has 3 rings (SSSR count). The first-order valence-electron chi connectivity index (χ1n) is 8.06. The lowest BCUT2D eigenvalue weighted by Crippen LogP contribution is -2.43. The lowest BCUT2D eigenvalue weighted by atomic mass is 10.1. The van der Waals surface area contributed by atoms with Gasteiger partial charge in [0.1, 0.15) is 6.04 Å². The van der Waals surface area contributed by atoms with Crippen molar-refractivity contribution in [3.05, 3.63) is 53.6 Å². The minimum atomic E-state index is -0.240. The van der Waals surface area contributed by atoms with Gasteiger partial charge < -0.3 is 20.3 Å². The molecule has 0 saturated carbocycles. The Hall–Kier alpha value is -2.86. The molecule has 1 aliphatic rings. The van der Waals surface area contributed by atoms with Crippen molar-refractivity contribution in [1.82, 2.24) is 0 Å². The largest absolute Gasteiger partial charge is 0.380 e. The topological polar surface area (TPSA) is 70.7 Å². The van der Waals surface area contributed by atoms with Crippen molar-refractivity contribution in [1.29, 1.82) is 0 Å². The summed E-state index contributed by atoms with van der Waals surface area (Å²) in [7, 11) is 3.49. The monoisotopic (exact) mass is 339 g/mol. The van der Waals surface area contributed by atoms with Gasteiger partial charge in [0.05, 0.1) is 18.0 Å². The number of nitrogens with zero attached hydrogens (tertiary/aromatic N) is 1. The van der Waals surface area contributed by atoms with Gasteiger partial charge in [0, 0.05) is 25.4 Å². The summed E-state index contributed by atoms with van der Waals surface area (Å²) in [4.78, 5) is 26.4. The average molecular weight is 339 g/mol. The Kier molecular flexibility index (Phi) is 4.72. The predicted octanol–water partition coefficient (Wildman–Crippen LogP) is 2.86. The number of nitrogens with one attached hydrogen (secondary N) is 2. The summed E-state index contributed by atoms with van der Waals surface area (Å²) in [6, 6.07) is 12.6. The molecule has 6 nitrogen and oxygen atoms in total. The van der Waals surface area contributed by atoms with E-state index in [0.29, 0.717) is 23.5 Å². The first kappa shape index (κ1) is 17.0. The van der Waals surface area contributed by atoms with Gasteiger partial charge in [0.2, 0.25) is 5.91 Å². The van der Waals surface area contributed by atoms with Crippen LogP contribution in [0.4, 0.5) is 17.1 Å². The Morgan fingerprint density at radius 2 is 2.08 bits per heavy atom. The molecule has 1 atom stereocenters. The molecule has 0 spiro atoms. The molecule has 0 fully saturated rings. The highest BCUT2D eigenvalue weighted by Gasteiger charge is 2.27. The first-order chi connectivity index (χ1) is 12.0. The molecule has 0 bridgehead atoms. The van der Waals surface area contributed by atoms with Gasteiger partial charge in [0.15, 0.2) is 0 Å². The number of amides is 2. The summed E-state index contributed by atoms with van der Waals surface area (Å²) in [5.41, 5.74) is 3.71. The Balaban J connectivity index is 1.81. The van der Waals surface area contributed by atoms with Gasteiger partial charge in [-0.3, -0.25) is 9.59 Å². The van der Waals surface area contributed by atoms with Crippen LogP contribution in [-0.4, -0.2) is 32.0 Å². The van der Waals surface area contributed by atoms with Crippen LogP contribution in [0, 0.1) is 0 Å². The summed E-state index contributed by atoms with van der Waals surface area (Å²) in [6.45, 7) is 2.32. The fourth-order valence-corrected chi connectivity index (χ4v) is 2.82. The van der Waals surface area contributed by atoms with Crippen molar-refractivity contribution in [3.8, 4) is 0 Å². The first-order valence-corrected chi connectivity index (χ1v) is 8.06. The number of anilines is 3. The highest BCUT2D eigenvalue weighted by molar-refractivity contribution is 6.08. The number of fused-ring (bicyclic) bond motifs is 1. The fourth-order valence-electron chi connectivity index (χ4n) is 2.82. The maximum absolute atomic E-state index is 12.5. The Morgan fingerprint density at radius 1 is 1.28 bits per heavy atom.